The summed E-state index contributed by atoms with van der Waals surface area (Å²) in [6.45, 7) is 0.245. The molecule has 192 valence electrons. The van der Waals surface area contributed by atoms with E-state index in [9.17, 15) is 19.5 Å². The Labute approximate surface area is 219 Å². The fraction of sp³-hybridized carbons (Fsp3) is 0.167. The predicted molar refractivity (Wildman–Crippen MR) is 142 cm³/mol. The van der Waals surface area contributed by atoms with E-state index in [-0.39, 0.29) is 17.9 Å². The van der Waals surface area contributed by atoms with Crippen LogP contribution in [0.5, 0.6) is 5.75 Å². The number of ether oxygens (including phenoxy) is 2. The number of hydrogen-bond acceptors (Lipinski definition) is 6. The van der Waals surface area contributed by atoms with Crippen molar-refractivity contribution in [3.05, 3.63) is 107 Å². The lowest BCUT2D eigenvalue weighted by Crippen LogP contribution is -2.31. The van der Waals surface area contributed by atoms with Gasteiger partial charge in [-0.1, -0.05) is 30.3 Å². The van der Waals surface area contributed by atoms with Gasteiger partial charge in [0.2, 0.25) is 0 Å². The van der Waals surface area contributed by atoms with Gasteiger partial charge in [0, 0.05) is 29.2 Å². The van der Waals surface area contributed by atoms with Crippen molar-refractivity contribution < 1.29 is 29.0 Å². The molecular formula is C30H26N2O6. The number of amides is 1. The summed E-state index contributed by atoms with van der Waals surface area (Å²) < 4.78 is 9.98. The van der Waals surface area contributed by atoms with Crippen LogP contribution in [0.1, 0.15) is 33.1 Å². The number of hydrogen-bond donors (Lipinski definition) is 2. The van der Waals surface area contributed by atoms with E-state index in [0.717, 1.165) is 16.5 Å². The number of esters is 1. The molecule has 0 aliphatic carbocycles. The lowest BCUT2D eigenvalue weighted by atomic mass is 9.94. The molecule has 0 bridgehead atoms. The Morgan fingerprint density at radius 2 is 1.63 bits per heavy atom. The van der Waals surface area contributed by atoms with Crippen LogP contribution in [0.15, 0.2) is 84.6 Å². The number of fused-ring (bicyclic) bond motifs is 1. The number of methoxy groups -OCH3 is 2. The van der Waals surface area contributed by atoms with Gasteiger partial charge in [0.1, 0.15) is 11.5 Å². The van der Waals surface area contributed by atoms with Gasteiger partial charge in [0.05, 0.1) is 31.4 Å². The summed E-state index contributed by atoms with van der Waals surface area (Å²) in [5.41, 5.74) is 3.30. The number of nitrogens with zero attached hydrogens (tertiary/aromatic N) is 1. The minimum absolute atomic E-state index is 0.00934. The lowest BCUT2D eigenvalue weighted by molar-refractivity contribution is -0.139. The van der Waals surface area contributed by atoms with Crippen LogP contribution in [-0.2, 0) is 20.7 Å². The number of aromatic amines is 1. The van der Waals surface area contributed by atoms with Gasteiger partial charge >= 0.3 is 5.97 Å². The molecule has 3 aromatic carbocycles. The second kappa shape index (κ2) is 10.3. The van der Waals surface area contributed by atoms with Crippen molar-refractivity contribution in [2.75, 3.05) is 20.8 Å². The van der Waals surface area contributed by atoms with Gasteiger partial charge in [-0.25, -0.2) is 4.79 Å². The number of aliphatic hydroxyl groups excluding tert-OH is 1. The van der Waals surface area contributed by atoms with E-state index in [2.05, 4.69) is 4.98 Å². The first-order valence-electron chi connectivity index (χ1n) is 12.1. The molecule has 2 N–H and O–H groups in total. The molecule has 1 fully saturated rings. The van der Waals surface area contributed by atoms with Gasteiger partial charge in [-0.3, -0.25) is 9.59 Å². The highest BCUT2D eigenvalue weighted by molar-refractivity contribution is 6.46. The summed E-state index contributed by atoms with van der Waals surface area (Å²) >= 11 is 0. The SMILES string of the molecule is COC(=O)c1ccc([C@@H]2C(=C(O)c3ccc(OC)cc3)C(=O)C(=O)N2CCc2c[nH]c3ccccc23)cc1. The molecule has 38 heavy (non-hydrogen) atoms. The first-order valence-corrected chi connectivity index (χ1v) is 12.1. The van der Waals surface area contributed by atoms with Gasteiger partial charge < -0.3 is 24.5 Å². The van der Waals surface area contributed by atoms with Gasteiger partial charge in [-0.15, -0.1) is 0 Å². The van der Waals surface area contributed by atoms with Crippen molar-refractivity contribution in [1.29, 1.82) is 0 Å². The van der Waals surface area contributed by atoms with Crippen LogP contribution >= 0.6 is 0 Å². The lowest BCUT2D eigenvalue weighted by Gasteiger charge is -2.25. The normalized spacial score (nSPS) is 16.7. The topological polar surface area (TPSA) is 109 Å². The summed E-state index contributed by atoms with van der Waals surface area (Å²) in [6, 6.07) is 20.1. The number of rotatable bonds is 7. The molecule has 1 aliphatic rings. The molecule has 8 heteroatoms. The van der Waals surface area contributed by atoms with Gasteiger partial charge in [0.25, 0.3) is 11.7 Å². The first-order chi connectivity index (χ1) is 18.4. The summed E-state index contributed by atoms with van der Waals surface area (Å²) in [6.07, 6.45) is 2.40. The van der Waals surface area contributed by atoms with E-state index in [1.165, 1.54) is 19.1 Å². The second-order valence-electron chi connectivity index (χ2n) is 8.94. The second-order valence-corrected chi connectivity index (χ2v) is 8.94. The average molecular weight is 511 g/mol. The van der Waals surface area contributed by atoms with E-state index in [0.29, 0.717) is 28.9 Å². The van der Waals surface area contributed by atoms with Crippen LogP contribution < -0.4 is 4.74 Å². The quantitative estimate of drug-likeness (QED) is 0.162. The third kappa shape index (κ3) is 4.41. The Morgan fingerprint density at radius 3 is 2.32 bits per heavy atom. The van der Waals surface area contributed by atoms with Crippen LogP contribution in [0, 0.1) is 0 Å². The van der Waals surface area contributed by atoms with Crippen molar-refractivity contribution in [2.24, 2.45) is 0 Å². The molecule has 0 radical (unpaired) electrons. The molecule has 5 rings (SSSR count). The highest BCUT2D eigenvalue weighted by atomic mass is 16.5. The van der Waals surface area contributed by atoms with E-state index in [1.54, 1.807) is 48.5 Å². The molecule has 8 nitrogen and oxygen atoms in total. The maximum atomic E-state index is 13.3. The molecule has 2 heterocycles. The molecule has 1 atom stereocenters. The van der Waals surface area contributed by atoms with Crippen LogP contribution in [0.4, 0.5) is 0 Å². The zero-order valence-electron chi connectivity index (χ0n) is 20.9. The Morgan fingerprint density at radius 1 is 0.947 bits per heavy atom. The Balaban J connectivity index is 1.56. The molecule has 1 amide bonds. The van der Waals surface area contributed by atoms with Gasteiger partial charge in [-0.05, 0) is 60.0 Å². The Kier molecular flexibility index (Phi) is 6.70. The first kappa shape index (κ1) is 24.8. The monoisotopic (exact) mass is 510 g/mol. The fourth-order valence-electron chi connectivity index (χ4n) is 4.86. The van der Waals surface area contributed by atoms with Crippen LogP contribution in [0.3, 0.4) is 0 Å². The predicted octanol–water partition coefficient (Wildman–Crippen LogP) is 4.63. The summed E-state index contributed by atoms with van der Waals surface area (Å²) in [4.78, 5) is 43.3. The number of aliphatic hydroxyl groups is 1. The number of nitrogens with one attached hydrogen (secondary N) is 1. The number of likely N-dealkylation sites (tertiary alicyclic amines) is 1. The van der Waals surface area contributed by atoms with Crippen molar-refractivity contribution in [1.82, 2.24) is 9.88 Å². The van der Waals surface area contributed by atoms with E-state index >= 15 is 0 Å². The number of carbonyl (C=O) groups excluding carboxylic acids is 3. The maximum Gasteiger partial charge on any atom is 0.337 e. The van der Waals surface area contributed by atoms with Gasteiger partial charge in [-0.2, -0.15) is 0 Å². The third-order valence-corrected chi connectivity index (χ3v) is 6.85. The number of ketones is 1. The highest BCUT2D eigenvalue weighted by Gasteiger charge is 2.45. The molecule has 0 saturated carbocycles. The summed E-state index contributed by atoms with van der Waals surface area (Å²) in [7, 11) is 2.83. The van der Waals surface area contributed by atoms with Crippen molar-refractivity contribution >= 4 is 34.3 Å². The molecular weight excluding hydrogens is 484 g/mol. The molecule has 0 spiro atoms. The van der Waals surface area contributed by atoms with Crippen LogP contribution in [0.25, 0.3) is 16.7 Å². The number of para-hydroxylation sites is 1. The third-order valence-electron chi connectivity index (χ3n) is 6.85. The van der Waals surface area contributed by atoms with E-state index in [1.807, 2.05) is 30.5 Å². The average Bonchev–Trinajstić information content (AvgIpc) is 3.49. The van der Waals surface area contributed by atoms with Crippen LogP contribution in [0.2, 0.25) is 0 Å². The van der Waals surface area contributed by atoms with Gasteiger partial charge in [0.15, 0.2) is 0 Å². The molecule has 1 aliphatic heterocycles. The zero-order chi connectivity index (χ0) is 26.8. The molecule has 0 unspecified atom stereocenters. The number of aromatic nitrogens is 1. The summed E-state index contributed by atoms with van der Waals surface area (Å²) in [5.74, 6) is -1.64. The molecule has 1 saturated heterocycles. The Bertz CT molecular complexity index is 1550. The van der Waals surface area contributed by atoms with Crippen LogP contribution in [-0.4, -0.2) is 53.4 Å². The van der Waals surface area contributed by atoms with E-state index in [4.69, 9.17) is 9.47 Å². The Hall–Kier alpha value is -4.85. The number of carbonyl (C=O) groups is 3. The fourth-order valence-corrected chi connectivity index (χ4v) is 4.86. The minimum Gasteiger partial charge on any atom is -0.507 e. The maximum absolute atomic E-state index is 13.3. The minimum atomic E-state index is -0.839. The standard InChI is InChI=1S/C30H26N2O6/c1-37-22-13-11-19(12-14-22)27(33)25-26(18-7-9-20(10-8-18)30(36)38-2)32(29(35)28(25)34)16-15-21-17-31-24-6-4-3-5-23(21)24/h3-14,17,26,31,33H,15-16H2,1-2H3/t26-/m1/s1. The smallest absolute Gasteiger partial charge is 0.337 e. The zero-order valence-corrected chi connectivity index (χ0v) is 20.9. The summed E-state index contributed by atoms with van der Waals surface area (Å²) in [5, 5.41) is 12.3. The van der Waals surface area contributed by atoms with Crippen molar-refractivity contribution in [2.45, 2.75) is 12.5 Å². The van der Waals surface area contributed by atoms with E-state index < -0.39 is 23.7 Å². The number of H-pyrrole nitrogens is 1. The number of Topliss-reactive ketones (excluding diaryl/α,β-unsaturated/α-hetero) is 1. The van der Waals surface area contributed by atoms with Crippen molar-refractivity contribution in [3.8, 4) is 5.75 Å². The number of benzene rings is 3. The van der Waals surface area contributed by atoms with Crippen molar-refractivity contribution in [3.63, 3.8) is 0 Å². The molecule has 1 aromatic heterocycles. The highest BCUT2D eigenvalue weighted by Crippen LogP contribution is 2.40. The molecule has 4 aromatic rings. The largest absolute Gasteiger partial charge is 0.507 e.